The minimum atomic E-state index is 0.662. The van der Waals surface area contributed by atoms with Gasteiger partial charge in [0.25, 0.3) is 0 Å². The summed E-state index contributed by atoms with van der Waals surface area (Å²) in [5.41, 5.74) is 0. The number of nitrogens with one attached hydrogen (secondary N) is 1. The van der Waals surface area contributed by atoms with Crippen molar-refractivity contribution in [3.8, 4) is 0 Å². The summed E-state index contributed by atoms with van der Waals surface area (Å²) in [4.78, 5) is 7.98. The quantitative estimate of drug-likeness (QED) is 0.470. The Kier molecular flexibility index (Phi) is 5.96. The van der Waals surface area contributed by atoms with Crippen LogP contribution in [-0.2, 0) is 4.74 Å². The zero-order chi connectivity index (χ0) is 10.9. The highest BCUT2D eigenvalue weighted by atomic mass is 79.9. The van der Waals surface area contributed by atoms with Crippen molar-refractivity contribution < 1.29 is 4.74 Å². The van der Waals surface area contributed by atoms with E-state index >= 15 is 0 Å². The van der Waals surface area contributed by atoms with Gasteiger partial charge in [-0.25, -0.2) is 9.97 Å². The van der Waals surface area contributed by atoms with E-state index in [9.17, 15) is 0 Å². The lowest BCUT2D eigenvalue weighted by Gasteiger charge is -2.05. The first kappa shape index (κ1) is 12.1. The van der Waals surface area contributed by atoms with Crippen LogP contribution in [0.3, 0.4) is 0 Å². The number of ether oxygens (including phenoxy) is 1. The highest BCUT2D eigenvalue weighted by Gasteiger charge is 1.94. The molecule has 0 aliphatic heterocycles. The Balaban J connectivity index is 2.12. The summed E-state index contributed by atoms with van der Waals surface area (Å²) in [5, 5.41) is 3.13. The lowest BCUT2D eigenvalue weighted by molar-refractivity contribution is 0.149. The van der Waals surface area contributed by atoms with Crippen LogP contribution in [0.2, 0.25) is 0 Å². The molecule has 1 heterocycles. The van der Waals surface area contributed by atoms with E-state index in [4.69, 9.17) is 4.74 Å². The first-order valence-electron chi connectivity index (χ1n) is 4.73. The van der Waals surface area contributed by atoms with Crippen molar-refractivity contribution in [1.82, 2.24) is 9.97 Å². The number of rotatable bonds is 7. The number of halogens is 1. The first-order chi connectivity index (χ1) is 7.33. The van der Waals surface area contributed by atoms with Gasteiger partial charge in [-0.1, -0.05) is 6.08 Å². The minimum absolute atomic E-state index is 0.662. The molecule has 0 fully saturated rings. The van der Waals surface area contributed by atoms with E-state index in [0.29, 0.717) is 6.61 Å². The van der Waals surface area contributed by atoms with Gasteiger partial charge in [-0.15, -0.1) is 6.58 Å². The summed E-state index contributed by atoms with van der Waals surface area (Å²) >= 11 is 3.27. The van der Waals surface area contributed by atoms with Crippen LogP contribution in [0.25, 0.3) is 0 Å². The molecule has 0 aliphatic rings. The van der Waals surface area contributed by atoms with Crippen LogP contribution < -0.4 is 5.32 Å². The maximum atomic E-state index is 5.34. The first-order valence-corrected chi connectivity index (χ1v) is 5.52. The number of hydrogen-bond donors (Lipinski definition) is 1. The summed E-state index contributed by atoms with van der Waals surface area (Å²) in [6, 6.07) is 1.82. The fourth-order valence-corrected chi connectivity index (χ4v) is 1.26. The molecule has 5 heteroatoms. The molecule has 1 aromatic heterocycles. The fourth-order valence-electron chi connectivity index (χ4n) is 0.950. The SMILES string of the molecule is C=CCCOCCNc1cc(Br)ncn1. The minimum Gasteiger partial charge on any atom is -0.379 e. The predicted octanol–water partition coefficient (Wildman–Crippen LogP) is 2.24. The third-order valence-corrected chi connectivity index (χ3v) is 2.09. The van der Waals surface area contributed by atoms with Gasteiger partial charge < -0.3 is 10.1 Å². The molecule has 0 aliphatic carbocycles. The largest absolute Gasteiger partial charge is 0.379 e. The molecule has 0 bridgehead atoms. The normalized spacial score (nSPS) is 9.93. The summed E-state index contributed by atoms with van der Waals surface area (Å²) in [7, 11) is 0. The third-order valence-electron chi connectivity index (χ3n) is 1.65. The molecule has 1 N–H and O–H groups in total. The van der Waals surface area contributed by atoms with E-state index in [1.54, 1.807) is 0 Å². The van der Waals surface area contributed by atoms with E-state index < -0.39 is 0 Å². The van der Waals surface area contributed by atoms with Crippen LogP contribution in [0.15, 0.2) is 29.7 Å². The van der Waals surface area contributed by atoms with Crippen LogP contribution in [-0.4, -0.2) is 29.7 Å². The van der Waals surface area contributed by atoms with Crippen molar-refractivity contribution >= 4 is 21.7 Å². The smallest absolute Gasteiger partial charge is 0.130 e. The Morgan fingerprint density at radius 3 is 3.07 bits per heavy atom. The molecule has 0 amide bonds. The summed E-state index contributed by atoms with van der Waals surface area (Å²) < 4.78 is 6.11. The fraction of sp³-hybridized carbons (Fsp3) is 0.400. The monoisotopic (exact) mass is 271 g/mol. The summed E-state index contributed by atoms with van der Waals surface area (Å²) in [5.74, 6) is 0.796. The molecule has 0 radical (unpaired) electrons. The molecule has 0 saturated heterocycles. The lowest BCUT2D eigenvalue weighted by atomic mass is 10.4. The third kappa shape index (κ3) is 5.49. The maximum Gasteiger partial charge on any atom is 0.130 e. The summed E-state index contributed by atoms with van der Waals surface area (Å²) in [6.45, 7) is 5.74. The Bertz CT molecular complexity index is 306. The van der Waals surface area contributed by atoms with Gasteiger partial charge in [0.05, 0.1) is 13.2 Å². The van der Waals surface area contributed by atoms with Crippen molar-refractivity contribution in [3.05, 3.63) is 29.7 Å². The molecule has 0 aromatic carbocycles. The number of anilines is 1. The van der Waals surface area contributed by atoms with E-state index in [2.05, 4.69) is 37.8 Å². The van der Waals surface area contributed by atoms with Crippen LogP contribution in [0, 0.1) is 0 Å². The second kappa shape index (κ2) is 7.36. The average Bonchev–Trinajstić information content (AvgIpc) is 2.23. The molecule has 0 spiro atoms. The van der Waals surface area contributed by atoms with Gasteiger partial charge in [-0.2, -0.15) is 0 Å². The number of nitrogens with zero attached hydrogens (tertiary/aromatic N) is 2. The molecule has 0 atom stereocenters. The van der Waals surface area contributed by atoms with Gasteiger partial charge in [0.2, 0.25) is 0 Å². The zero-order valence-electron chi connectivity index (χ0n) is 8.45. The number of hydrogen-bond acceptors (Lipinski definition) is 4. The van der Waals surface area contributed by atoms with Crippen molar-refractivity contribution in [2.45, 2.75) is 6.42 Å². The highest BCUT2D eigenvalue weighted by Crippen LogP contribution is 2.08. The molecule has 0 saturated carbocycles. The standard InChI is InChI=1S/C10H14BrN3O/c1-2-3-5-15-6-4-12-10-7-9(11)13-8-14-10/h2,7-8H,1,3-6H2,(H,12,13,14). The zero-order valence-corrected chi connectivity index (χ0v) is 10.0. The van der Waals surface area contributed by atoms with Gasteiger partial charge in [0.15, 0.2) is 0 Å². The Labute approximate surface area is 97.9 Å². The van der Waals surface area contributed by atoms with Crippen LogP contribution in [0.1, 0.15) is 6.42 Å². The maximum absolute atomic E-state index is 5.34. The van der Waals surface area contributed by atoms with Gasteiger partial charge in [0, 0.05) is 12.6 Å². The Morgan fingerprint density at radius 1 is 1.47 bits per heavy atom. The number of aromatic nitrogens is 2. The average molecular weight is 272 g/mol. The van der Waals surface area contributed by atoms with Crippen LogP contribution in [0.5, 0.6) is 0 Å². The van der Waals surface area contributed by atoms with Gasteiger partial charge in [0.1, 0.15) is 16.7 Å². The highest BCUT2D eigenvalue weighted by molar-refractivity contribution is 9.10. The molecule has 15 heavy (non-hydrogen) atoms. The van der Waals surface area contributed by atoms with Crippen molar-refractivity contribution in [2.24, 2.45) is 0 Å². The Hall–Kier alpha value is -0.940. The van der Waals surface area contributed by atoms with E-state index in [0.717, 1.165) is 30.0 Å². The summed E-state index contributed by atoms with van der Waals surface area (Å²) in [6.07, 6.45) is 4.24. The molecule has 1 aromatic rings. The molecule has 0 unspecified atom stereocenters. The topological polar surface area (TPSA) is 47.0 Å². The van der Waals surface area contributed by atoms with Crippen molar-refractivity contribution in [3.63, 3.8) is 0 Å². The van der Waals surface area contributed by atoms with Crippen LogP contribution in [0.4, 0.5) is 5.82 Å². The second-order valence-corrected chi connectivity index (χ2v) is 3.65. The van der Waals surface area contributed by atoms with Gasteiger partial charge >= 0.3 is 0 Å². The molecular formula is C10H14BrN3O. The molecular weight excluding hydrogens is 258 g/mol. The van der Waals surface area contributed by atoms with Gasteiger partial charge in [-0.05, 0) is 22.4 Å². The van der Waals surface area contributed by atoms with Crippen molar-refractivity contribution in [2.75, 3.05) is 25.1 Å². The Morgan fingerprint density at radius 2 is 2.33 bits per heavy atom. The van der Waals surface area contributed by atoms with E-state index in [1.807, 2.05) is 12.1 Å². The molecule has 1 rings (SSSR count). The molecule has 4 nitrogen and oxygen atoms in total. The second-order valence-electron chi connectivity index (χ2n) is 2.84. The van der Waals surface area contributed by atoms with E-state index in [-0.39, 0.29) is 0 Å². The predicted molar refractivity (Wildman–Crippen MR) is 63.9 cm³/mol. The molecule has 82 valence electrons. The van der Waals surface area contributed by atoms with Gasteiger partial charge in [-0.3, -0.25) is 0 Å². The van der Waals surface area contributed by atoms with Crippen LogP contribution >= 0.6 is 15.9 Å². The van der Waals surface area contributed by atoms with E-state index in [1.165, 1.54) is 6.33 Å². The lowest BCUT2D eigenvalue weighted by Crippen LogP contribution is -2.10. The van der Waals surface area contributed by atoms with Crippen molar-refractivity contribution in [1.29, 1.82) is 0 Å².